The summed E-state index contributed by atoms with van der Waals surface area (Å²) in [4.78, 5) is 0. The maximum atomic E-state index is 5.54. The smallest absolute Gasteiger partial charge is 0.190 e. The van der Waals surface area contributed by atoms with Gasteiger partial charge in [-0.25, -0.2) is 0 Å². The SMILES string of the molecule is COC(CC1CCCCC1)(OC)C(Br)Br. The van der Waals surface area contributed by atoms with Crippen molar-refractivity contribution in [3.63, 3.8) is 0 Å². The van der Waals surface area contributed by atoms with E-state index in [2.05, 4.69) is 31.9 Å². The van der Waals surface area contributed by atoms with E-state index in [1.54, 1.807) is 14.2 Å². The van der Waals surface area contributed by atoms with Crippen LogP contribution in [0.15, 0.2) is 0 Å². The third kappa shape index (κ3) is 3.69. The van der Waals surface area contributed by atoms with E-state index in [0.717, 1.165) is 12.3 Å². The summed E-state index contributed by atoms with van der Waals surface area (Å²) in [5, 5.41) is 0. The second kappa shape index (κ2) is 6.58. The van der Waals surface area contributed by atoms with Crippen LogP contribution in [0.1, 0.15) is 38.5 Å². The number of halogens is 2. The Bertz CT molecular complexity index is 175. The molecule has 90 valence electrons. The summed E-state index contributed by atoms with van der Waals surface area (Å²) >= 11 is 7.02. The van der Waals surface area contributed by atoms with Crippen molar-refractivity contribution < 1.29 is 9.47 Å². The van der Waals surface area contributed by atoms with Crippen LogP contribution in [0.4, 0.5) is 0 Å². The number of methoxy groups -OCH3 is 2. The van der Waals surface area contributed by atoms with Crippen LogP contribution in [0.2, 0.25) is 0 Å². The summed E-state index contributed by atoms with van der Waals surface area (Å²) in [6.45, 7) is 0. The molecule has 1 fully saturated rings. The lowest BCUT2D eigenvalue weighted by atomic mass is 9.84. The molecule has 1 aliphatic carbocycles. The van der Waals surface area contributed by atoms with Gasteiger partial charge in [0.1, 0.15) is 3.74 Å². The van der Waals surface area contributed by atoms with Gasteiger partial charge in [0, 0.05) is 20.6 Å². The van der Waals surface area contributed by atoms with Gasteiger partial charge in [0.05, 0.1) is 0 Å². The molecule has 0 saturated heterocycles. The monoisotopic (exact) mass is 342 g/mol. The second-order valence-corrected chi connectivity index (χ2v) is 7.29. The first-order chi connectivity index (χ1) is 7.14. The van der Waals surface area contributed by atoms with Crippen molar-refractivity contribution in [2.75, 3.05) is 14.2 Å². The molecule has 0 unspecified atom stereocenters. The lowest BCUT2D eigenvalue weighted by Gasteiger charge is -2.36. The fourth-order valence-electron chi connectivity index (χ4n) is 2.31. The molecule has 0 N–H and O–H groups in total. The standard InChI is InChI=1S/C11H20Br2O2/c1-14-11(15-2,10(12)13)8-9-6-4-3-5-7-9/h9-10H,3-8H2,1-2H3. The van der Waals surface area contributed by atoms with E-state index in [0.29, 0.717) is 0 Å². The Kier molecular flexibility index (Phi) is 6.11. The van der Waals surface area contributed by atoms with Crippen LogP contribution in [0.5, 0.6) is 0 Å². The zero-order valence-electron chi connectivity index (χ0n) is 9.47. The van der Waals surface area contributed by atoms with Crippen molar-refractivity contribution in [2.24, 2.45) is 5.92 Å². The predicted molar refractivity (Wildman–Crippen MR) is 69.6 cm³/mol. The van der Waals surface area contributed by atoms with Crippen LogP contribution in [-0.4, -0.2) is 23.7 Å². The van der Waals surface area contributed by atoms with E-state index in [4.69, 9.17) is 9.47 Å². The van der Waals surface area contributed by atoms with Gasteiger partial charge in [0.2, 0.25) is 0 Å². The minimum absolute atomic E-state index is 0.0365. The lowest BCUT2D eigenvalue weighted by molar-refractivity contribution is -0.204. The molecular weight excluding hydrogens is 324 g/mol. The largest absolute Gasteiger partial charge is 0.351 e. The Balaban J connectivity index is 2.56. The van der Waals surface area contributed by atoms with E-state index in [1.165, 1.54) is 32.1 Å². The topological polar surface area (TPSA) is 18.5 Å². The molecule has 0 atom stereocenters. The third-order valence-corrected chi connectivity index (χ3v) is 4.72. The van der Waals surface area contributed by atoms with Crippen molar-refractivity contribution in [3.8, 4) is 0 Å². The second-order valence-electron chi connectivity index (χ2n) is 4.23. The van der Waals surface area contributed by atoms with Gasteiger partial charge in [-0.05, 0) is 5.92 Å². The quantitative estimate of drug-likeness (QED) is 0.553. The van der Waals surface area contributed by atoms with Crippen LogP contribution in [0.3, 0.4) is 0 Å². The molecule has 1 saturated carbocycles. The number of hydrogen-bond donors (Lipinski definition) is 0. The fourth-order valence-corrected chi connectivity index (χ4v) is 3.43. The van der Waals surface area contributed by atoms with Gasteiger partial charge in [0.15, 0.2) is 5.79 Å². The third-order valence-electron chi connectivity index (χ3n) is 3.32. The van der Waals surface area contributed by atoms with Crippen molar-refractivity contribution in [1.82, 2.24) is 0 Å². The number of hydrogen-bond acceptors (Lipinski definition) is 2. The molecule has 0 aromatic rings. The van der Waals surface area contributed by atoms with Crippen LogP contribution >= 0.6 is 31.9 Å². The summed E-state index contributed by atoms with van der Waals surface area (Å²) in [6, 6.07) is 0. The van der Waals surface area contributed by atoms with Crippen molar-refractivity contribution >= 4 is 31.9 Å². The molecule has 1 aliphatic rings. The Morgan fingerprint density at radius 2 is 1.67 bits per heavy atom. The normalized spacial score (nSPS) is 19.8. The van der Waals surface area contributed by atoms with Crippen molar-refractivity contribution in [2.45, 2.75) is 48.0 Å². The molecule has 0 spiro atoms. The molecule has 0 radical (unpaired) electrons. The van der Waals surface area contributed by atoms with Gasteiger partial charge in [0.25, 0.3) is 0 Å². The molecule has 0 aromatic carbocycles. The predicted octanol–water partition coefficient (Wildman–Crippen LogP) is 4.06. The van der Waals surface area contributed by atoms with Gasteiger partial charge < -0.3 is 9.47 Å². The highest BCUT2D eigenvalue weighted by molar-refractivity contribution is 9.24. The van der Waals surface area contributed by atoms with Gasteiger partial charge in [-0.15, -0.1) is 0 Å². The first-order valence-corrected chi connectivity index (χ1v) is 7.36. The van der Waals surface area contributed by atoms with Gasteiger partial charge in [-0.2, -0.15) is 0 Å². The average molecular weight is 344 g/mol. The van der Waals surface area contributed by atoms with Crippen LogP contribution in [0.25, 0.3) is 0 Å². The number of rotatable bonds is 5. The summed E-state index contributed by atoms with van der Waals surface area (Å²) in [7, 11) is 3.42. The zero-order valence-corrected chi connectivity index (χ0v) is 12.6. The summed E-state index contributed by atoms with van der Waals surface area (Å²) in [6.07, 6.45) is 7.66. The molecule has 1 rings (SSSR count). The van der Waals surface area contributed by atoms with Crippen molar-refractivity contribution in [1.29, 1.82) is 0 Å². The molecule has 2 nitrogen and oxygen atoms in total. The van der Waals surface area contributed by atoms with Gasteiger partial charge >= 0.3 is 0 Å². The first kappa shape index (κ1) is 13.9. The maximum absolute atomic E-state index is 5.54. The molecule has 0 aromatic heterocycles. The van der Waals surface area contributed by atoms with Crippen molar-refractivity contribution in [3.05, 3.63) is 0 Å². The molecule has 0 aliphatic heterocycles. The van der Waals surface area contributed by atoms with Gasteiger partial charge in [-0.1, -0.05) is 64.0 Å². The van der Waals surface area contributed by atoms with E-state index < -0.39 is 5.79 Å². The Morgan fingerprint density at radius 1 is 1.13 bits per heavy atom. The lowest BCUT2D eigenvalue weighted by Crippen LogP contribution is -2.42. The minimum Gasteiger partial charge on any atom is -0.351 e. The Hall–Kier alpha value is 0.880. The highest BCUT2D eigenvalue weighted by atomic mass is 79.9. The van der Waals surface area contributed by atoms with E-state index in [9.17, 15) is 0 Å². The molecule has 4 heteroatoms. The zero-order chi connectivity index (χ0) is 11.3. The maximum Gasteiger partial charge on any atom is 0.190 e. The van der Waals surface area contributed by atoms with Crippen LogP contribution in [-0.2, 0) is 9.47 Å². The Labute approximate surface area is 109 Å². The van der Waals surface area contributed by atoms with Gasteiger partial charge in [-0.3, -0.25) is 0 Å². The minimum atomic E-state index is -0.526. The first-order valence-electron chi connectivity index (χ1n) is 5.53. The van der Waals surface area contributed by atoms with Crippen LogP contribution < -0.4 is 0 Å². The summed E-state index contributed by atoms with van der Waals surface area (Å²) < 4.78 is 11.1. The molecule has 0 bridgehead atoms. The van der Waals surface area contributed by atoms with E-state index >= 15 is 0 Å². The fraction of sp³-hybridized carbons (Fsp3) is 1.00. The highest BCUT2D eigenvalue weighted by Crippen LogP contribution is 2.38. The molecule has 15 heavy (non-hydrogen) atoms. The molecule has 0 amide bonds. The summed E-state index contributed by atoms with van der Waals surface area (Å²) in [5.74, 6) is 0.207. The Morgan fingerprint density at radius 3 is 2.07 bits per heavy atom. The van der Waals surface area contributed by atoms with E-state index in [1.807, 2.05) is 0 Å². The molecular formula is C11H20Br2O2. The number of ether oxygens (including phenoxy) is 2. The highest BCUT2D eigenvalue weighted by Gasteiger charge is 2.38. The number of alkyl halides is 2. The van der Waals surface area contributed by atoms with Crippen LogP contribution in [0, 0.1) is 5.92 Å². The van der Waals surface area contributed by atoms with E-state index in [-0.39, 0.29) is 3.74 Å². The summed E-state index contributed by atoms with van der Waals surface area (Å²) in [5.41, 5.74) is 0. The molecule has 0 heterocycles. The average Bonchev–Trinajstić information content (AvgIpc) is 2.27.